The molecule has 1 saturated heterocycles. The van der Waals surface area contributed by atoms with Gasteiger partial charge in [0, 0.05) is 12.6 Å². The Kier molecular flexibility index (Phi) is 5.66. The fraction of sp³-hybridized carbons (Fsp3) is 0.143. The molecule has 1 aliphatic rings. The first-order valence-electron chi connectivity index (χ1n) is 8.35. The van der Waals surface area contributed by atoms with Crippen molar-refractivity contribution in [2.24, 2.45) is 4.99 Å². The predicted molar refractivity (Wildman–Crippen MR) is 110 cm³/mol. The van der Waals surface area contributed by atoms with E-state index in [-0.39, 0.29) is 11.7 Å². The van der Waals surface area contributed by atoms with E-state index in [0.29, 0.717) is 27.8 Å². The molecule has 5 nitrogen and oxygen atoms in total. The molecule has 0 aromatic heterocycles. The van der Waals surface area contributed by atoms with Crippen LogP contribution in [-0.2, 0) is 11.2 Å². The number of methoxy groups -OCH3 is 1. The standard InChI is InChI=1S/C21H20N2O3S/c1-4-8-15-11-14(12-17(26-3)19(15)24)13-18-20(25)23(2)21(27-18)22-16-9-6-5-7-10-16/h4-7,9-13,24H,1,8H2,2-3H3/b18-13-,22-21?. The summed E-state index contributed by atoms with van der Waals surface area (Å²) >= 11 is 1.32. The molecule has 27 heavy (non-hydrogen) atoms. The molecule has 0 unspecified atom stereocenters. The third-order valence-corrected chi connectivity index (χ3v) is 5.10. The van der Waals surface area contributed by atoms with Crippen LogP contribution in [0.4, 0.5) is 5.69 Å². The fourth-order valence-electron chi connectivity index (χ4n) is 2.66. The lowest BCUT2D eigenvalue weighted by atomic mass is 10.1. The van der Waals surface area contributed by atoms with Crippen molar-refractivity contribution < 1.29 is 14.6 Å². The summed E-state index contributed by atoms with van der Waals surface area (Å²) in [5, 5.41) is 10.8. The molecule has 0 spiro atoms. The molecule has 0 saturated carbocycles. The number of ether oxygens (including phenoxy) is 1. The lowest BCUT2D eigenvalue weighted by molar-refractivity contribution is -0.121. The van der Waals surface area contributed by atoms with Crippen molar-refractivity contribution in [3.63, 3.8) is 0 Å². The molecule has 3 rings (SSSR count). The molecule has 0 radical (unpaired) electrons. The second kappa shape index (κ2) is 8.14. The van der Waals surface area contributed by atoms with Gasteiger partial charge in [0.2, 0.25) is 0 Å². The molecule has 1 N–H and O–H groups in total. The van der Waals surface area contributed by atoms with Crippen molar-refractivity contribution in [2.75, 3.05) is 14.2 Å². The number of aromatic hydroxyl groups is 1. The molecule has 138 valence electrons. The van der Waals surface area contributed by atoms with Crippen LogP contribution in [0.15, 0.2) is 65.0 Å². The van der Waals surface area contributed by atoms with E-state index >= 15 is 0 Å². The van der Waals surface area contributed by atoms with Crippen molar-refractivity contribution in [1.82, 2.24) is 4.90 Å². The maximum Gasteiger partial charge on any atom is 0.266 e. The van der Waals surface area contributed by atoms with Crippen molar-refractivity contribution in [1.29, 1.82) is 0 Å². The lowest BCUT2D eigenvalue weighted by Crippen LogP contribution is -2.23. The van der Waals surface area contributed by atoms with Crippen LogP contribution in [0, 0.1) is 0 Å². The Morgan fingerprint density at radius 3 is 2.70 bits per heavy atom. The van der Waals surface area contributed by atoms with Crippen molar-refractivity contribution in [3.8, 4) is 11.5 Å². The fourth-order valence-corrected chi connectivity index (χ4v) is 3.64. The molecule has 1 heterocycles. The topological polar surface area (TPSA) is 62.1 Å². The highest BCUT2D eigenvalue weighted by atomic mass is 32.2. The normalized spacial score (nSPS) is 17.0. The van der Waals surface area contributed by atoms with E-state index in [1.165, 1.54) is 23.8 Å². The second-order valence-corrected chi connectivity index (χ2v) is 6.94. The number of aliphatic imine (C=N–C) groups is 1. The van der Waals surface area contributed by atoms with Crippen LogP contribution in [0.5, 0.6) is 11.5 Å². The number of likely N-dealkylation sites (N-methyl/N-ethyl adjacent to an activating group) is 1. The van der Waals surface area contributed by atoms with Gasteiger partial charge in [-0.25, -0.2) is 4.99 Å². The molecule has 6 heteroatoms. The Hall–Kier alpha value is -2.99. The Bertz CT molecular complexity index is 936. The van der Waals surface area contributed by atoms with Crippen LogP contribution >= 0.6 is 11.8 Å². The van der Waals surface area contributed by atoms with E-state index in [4.69, 9.17) is 4.74 Å². The molecule has 0 atom stereocenters. The maximum atomic E-state index is 12.6. The van der Waals surface area contributed by atoms with E-state index < -0.39 is 0 Å². The molecular weight excluding hydrogens is 360 g/mol. The summed E-state index contributed by atoms with van der Waals surface area (Å²) in [5.74, 6) is 0.337. The predicted octanol–water partition coefficient (Wildman–Crippen LogP) is 4.36. The number of benzene rings is 2. The average Bonchev–Trinajstić information content (AvgIpc) is 2.93. The van der Waals surface area contributed by atoms with Crippen LogP contribution in [-0.4, -0.2) is 35.2 Å². The summed E-state index contributed by atoms with van der Waals surface area (Å²) in [6.07, 6.45) is 3.99. The molecule has 2 aromatic rings. The van der Waals surface area contributed by atoms with Gasteiger partial charge >= 0.3 is 0 Å². The lowest BCUT2D eigenvalue weighted by Gasteiger charge is -2.09. The number of nitrogens with zero attached hydrogens (tertiary/aromatic N) is 2. The molecule has 0 aliphatic carbocycles. The van der Waals surface area contributed by atoms with E-state index in [1.807, 2.05) is 36.4 Å². The third kappa shape index (κ3) is 4.06. The number of thioether (sulfide) groups is 1. The zero-order valence-corrected chi connectivity index (χ0v) is 16.0. The van der Waals surface area contributed by atoms with Crippen LogP contribution in [0.25, 0.3) is 6.08 Å². The van der Waals surface area contributed by atoms with Crippen molar-refractivity contribution in [2.45, 2.75) is 6.42 Å². The van der Waals surface area contributed by atoms with Gasteiger partial charge < -0.3 is 9.84 Å². The van der Waals surface area contributed by atoms with E-state index in [9.17, 15) is 9.90 Å². The smallest absolute Gasteiger partial charge is 0.266 e. The number of amidine groups is 1. The number of amides is 1. The summed E-state index contributed by atoms with van der Waals surface area (Å²) in [6, 6.07) is 13.0. The molecule has 0 bridgehead atoms. The first-order chi connectivity index (χ1) is 13.0. The Labute approximate surface area is 162 Å². The summed E-state index contributed by atoms with van der Waals surface area (Å²) in [5.41, 5.74) is 2.25. The number of phenolic OH excluding ortho intramolecular Hbond substituents is 1. The maximum absolute atomic E-state index is 12.6. The summed E-state index contributed by atoms with van der Waals surface area (Å²) < 4.78 is 5.25. The average molecular weight is 380 g/mol. The van der Waals surface area contributed by atoms with Gasteiger partial charge in [0.25, 0.3) is 5.91 Å². The highest BCUT2D eigenvalue weighted by Crippen LogP contribution is 2.36. The summed E-state index contributed by atoms with van der Waals surface area (Å²) in [6.45, 7) is 3.71. The number of allylic oxidation sites excluding steroid dienone is 1. The van der Waals surface area contributed by atoms with Crippen LogP contribution in [0.3, 0.4) is 0 Å². The molecule has 2 aromatic carbocycles. The minimum Gasteiger partial charge on any atom is -0.504 e. The highest BCUT2D eigenvalue weighted by molar-refractivity contribution is 8.18. The Balaban J connectivity index is 1.95. The van der Waals surface area contributed by atoms with Gasteiger partial charge in [-0.15, -0.1) is 6.58 Å². The molecule has 1 amide bonds. The van der Waals surface area contributed by atoms with Gasteiger partial charge in [0.15, 0.2) is 16.7 Å². The van der Waals surface area contributed by atoms with Crippen LogP contribution in [0.2, 0.25) is 0 Å². The van der Waals surface area contributed by atoms with Crippen molar-refractivity contribution in [3.05, 3.63) is 71.2 Å². The quantitative estimate of drug-likeness (QED) is 0.618. The number of carbonyl (C=O) groups excluding carboxylic acids is 1. The largest absolute Gasteiger partial charge is 0.504 e. The van der Waals surface area contributed by atoms with Crippen LogP contribution < -0.4 is 4.74 Å². The minimum absolute atomic E-state index is 0.0911. The number of carbonyl (C=O) groups is 1. The van der Waals surface area contributed by atoms with E-state index in [1.54, 1.807) is 25.3 Å². The number of para-hydroxylation sites is 1. The van der Waals surface area contributed by atoms with Crippen molar-refractivity contribution >= 4 is 34.6 Å². The van der Waals surface area contributed by atoms with E-state index in [2.05, 4.69) is 11.6 Å². The number of rotatable bonds is 5. The van der Waals surface area contributed by atoms with Gasteiger partial charge in [-0.05, 0) is 54.1 Å². The van der Waals surface area contributed by atoms with Gasteiger partial charge in [0.1, 0.15) is 0 Å². The Morgan fingerprint density at radius 2 is 2.04 bits per heavy atom. The number of hydrogen-bond acceptors (Lipinski definition) is 5. The third-order valence-electron chi connectivity index (χ3n) is 4.04. The van der Waals surface area contributed by atoms with E-state index in [0.717, 1.165) is 11.3 Å². The number of hydrogen-bond donors (Lipinski definition) is 1. The highest BCUT2D eigenvalue weighted by Gasteiger charge is 2.30. The molecule has 1 fully saturated rings. The molecular formula is C21H20N2O3S. The first kappa shape index (κ1) is 18.8. The number of phenols is 1. The first-order valence-corrected chi connectivity index (χ1v) is 9.17. The SMILES string of the molecule is C=CCc1cc(/C=C2\SC(=Nc3ccccc3)N(C)C2=O)cc(OC)c1O. The summed E-state index contributed by atoms with van der Waals surface area (Å²) in [4.78, 5) is 19.2. The molecule has 1 aliphatic heterocycles. The zero-order chi connectivity index (χ0) is 19.4. The second-order valence-electron chi connectivity index (χ2n) is 5.93. The van der Waals surface area contributed by atoms with Gasteiger partial charge in [0.05, 0.1) is 17.7 Å². The summed E-state index contributed by atoms with van der Waals surface area (Å²) in [7, 11) is 3.20. The monoisotopic (exact) mass is 380 g/mol. The van der Waals surface area contributed by atoms with Crippen LogP contribution in [0.1, 0.15) is 11.1 Å². The Morgan fingerprint density at radius 1 is 1.30 bits per heavy atom. The minimum atomic E-state index is -0.119. The zero-order valence-electron chi connectivity index (χ0n) is 15.2. The van der Waals surface area contributed by atoms with Gasteiger partial charge in [-0.1, -0.05) is 24.3 Å². The van der Waals surface area contributed by atoms with Gasteiger partial charge in [-0.2, -0.15) is 0 Å². The van der Waals surface area contributed by atoms with Gasteiger partial charge in [-0.3, -0.25) is 9.69 Å².